The number of carboxylic acid groups (broad SMARTS) is 1. The third-order valence-corrected chi connectivity index (χ3v) is 8.84. The molecule has 12 heteroatoms. The fourth-order valence-electron chi connectivity index (χ4n) is 4.80. The third-order valence-electron chi connectivity index (χ3n) is 7.20. The summed E-state index contributed by atoms with van der Waals surface area (Å²) in [5, 5.41) is 19.5. The highest BCUT2D eigenvalue weighted by Gasteiger charge is 2.35. The summed E-state index contributed by atoms with van der Waals surface area (Å²) in [6.07, 6.45) is -0.477. The number of amides is 1. The number of carboxylic acids is 1. The van der Waals surface area contributed by atoms with E-state index in [1.807, 2.05) is 18.9 Å². The van der Waals surface area contributed by atoms with E-state index in [1.165, 1.54) is 30.3 Å². The third kappa shape index (κ3) is 7.22. The monoisotopic (exact) mass is 615 g/mol. The van der Waals surface area contributed by atoms with Crippen LogP contribution in [0.25, 0.3) is 0 Å². The summed E-state index contributed by atoms with van der Waals surface area (Å²) in [4.78, 5) is 28.5. The van der Waals surface area contributed by atoms with Crippen molar-refractivity contribution in [1.82, 2.24) is 9.80 Å². The van der Waals surface area contributed by atoms with Gasteiger partial charge in [0.2, 0.25) is 0 Å². The second-order valence-electron chi connectivity index (χ2n) is 10.6. The van der Waals surface area contributed by atoms with Gasteiger partial charge in [0.25, 0.3) is 15.9 Å². The molecule has 10 nitrogen and oxygen atoms in total. The molecular formula is C30H34ClN3O7S. The van der Waals surface area contributed by atoms with Crippen LogP contribution in [0.1, 0.15) is 40.1 Å². The van der Waals surface area contributed by atoms with Gasteiger partial charge in [-0.2, -0.15) is 0 Å². The number of rotatable bonds is 10. The van der Waals surface area contributed by atoms with Crippen LogP contribution < -0.4 is 9.46 Å². The molecule has 4 rings (SSSR count). The number of aliphatic hydroxyl groups is 1. The number of nitrogens with one attached hydrogen (secondary N) is 1. The zero-order chi connectivity index (χ0) is 30.6. The first-order valence-electron chi connectivity index (χ1n) is 13.4. The van der Waals surface area contributed by atoms with Crippen molar-refractivity contribution in [1.29, 1.82) is 0 Å². The molecule has 1 amide bonds. The topological polar surface area (TPSA) is 136 Å². The Balaban J connectivity index is 1.67. The van der Waals surface area contributed by atoms with E-state index in [9.17, 15) is 28.2 Å². The van der Waals surface area contributed by atoms with Crippen molar-refractivity contribution in [2.75, 3.05) is 31.5 Å². The number of fused-ring (bicyclic) bond motifs is 1. The summed E-state index contributed by atoms with van der Waals surface area (Å²) in [5.74, 6) is -1.47. The lowest BCUT2D eigenvalue weighted by Gasteiger charge is -2.38. The molecule has 1 aliphatic heterocycles. The maximum atomic E-state index is 13.7. The lowest BCUT2D eigenvalue weighted by Crippen LogP contribution is -2.49. The minimum Gasteiger partial charge on any atom is -0.486 e. The Morgan fingerprint density at radius 3 is 2.43 bits per heavy atom. The molecule has 3 N–H and O–H groups in total. The van der Waals surface area contributed by atoms with Gasteiger partial charge in [0.05, 0.1) is 34.4 Å². The van der Waals surface area contributed by atoms with Crippen LogP contribution >= 0.6 is 11.6 Å². The standard InChI is InChI=1S/C30H34ClN3O7S/c1-19-15-34(20(2)18-35)29(36)25-5-4-6-26(32-42(39,40)24-13-11-23(31)12-14-24)28(25)41-27(19)17-33(3)16-21-7-9-22(10-8-21)30(37)38/h4-14,19-20,27,32,35H,15-18H2,1-3H3,(H,37,38)/t19-,20+,27-/m1/s1. The number of para-hydroxylation sites is 1. The molecular weight excluding hydrogens is 582 g/mol. The van der Waals surface area contributed by atoms with E-state index >= 15 is 0 Å². The summed E-state index contributed by atoms with van der Waals surface area (Å²) in [7, 11) is -2.15. The fraction of sp³-hybridized carbons (Fsp3) is 0.333. The number of ether oxygens (including phenoxy) is 1. The van der Waals surface area contributed by atoms with Crippen LogP contribution in [0.3, 0.4) is 0 Å². The number of carbonyl (C=O) groups is 2. The summed E-state index contributed by atoms with van der Waals surface area (Å²) < 4.78 is 35.6. The number of likely N-dealkylation sites (N-methyl/N-ethyl adjacent to an activating group) is 1. The quantitative estimate of drug-likeness (QED) is 0.309. The van der Waals surface area contributed by atoms with Crippen molar-refractivity contribution in [3.05, 3.63) is 88.4 Å². The SMILES string of the molecule is C[C@@H]1CN([C@@H](C)CO)C(=O)c2cccc(NS(=O)(=O)c3ccc(Cl)cc3)c2O[C@@H]1CN(C)Cc1ccc(C(=O)O)cc1. The van der Waals surface area contributed by atoms with E-state index in [-0.39, 0.29) is 45.9 Å². The molecule has 0 bridgehead atoms. The number of carbonyl (C=O) groups excluding carboxylic acids is 1. The van der Waals surface area contributed by atoms with Gasteiger partial charge in [0.15, 0.2) is 5.75 Å². The van der Waals surface area contributed by atoms with Crippen molar-refractivity contribution < 1.29 is 33.0 Å². The molecule has 3 atom stereocenters. The molecule has 3 aromatic rings. The molecule has 0 unspecified atom stereocenters. The molecule has 42 heavy (non-hydrogen) atoms. The average Bonchev–Trinajstić information content (AvgIpc) is 2.95. The number of hydrogen-bond donors (Lipinski definition) is 3. The Kier molecular flexibility index (Phi) is 9.78. The van der Waals surface area contributed by atoms with Crippen LogP contribution in [-0.4, -0.2) is 79.2 Å². The summed E-state index contributed by atoms with van der Waals surface area (Å²) in [6, 6.07) is 16.5. The van der Waals surface area contributed by atoms with Crippen molar-refractivity contribution >= 4 is 39.2 Å². The maximum Gasteiger partial charge on any atom is 0.335 e. The van der Waals surface area contributed by atoms with Crippen molar-refractivity contribution in [2.24, 2.45) is 5.92 Å². The largest absolute Gasteiger partial charge is 0.486 e. The summed E-state index contributed by atoms with van der Waals surface area (Å²) >= 11 is 5.94. The molecule has 0 saturated carbocycles. The smallest absolute Gasteiger partial charge is 0.335 e. The van der Waals surface area contributed by atoms with Crippen LogP contribution in [-0.2, 0) is 16.6 Å². The normalized spacial score (nSPS) is 18.0. The van der Waals surface area contributed by atoms with Gasteiger partial charge in [-0.1, -0.05) is 36.7 Å². The van der Waals surface area contributed by atoms with Crippen molar-refractivity contribution in [2.45, 2.75) is 37.4 Å². The molecule has 1 aliphatic rings. The Labute approximate surface area is 250 Å². The predicted octanol–water partition coefficient (Wildman–Crippen LogP) is 4.19. The first-order chi connectivity index (χ1) is 19.9. The van der Waals surface area contributed by atoms with Crippen molar-refractivity contribution in [3.63, 3.8) is 0 Å². The minimum absolute atomic E-state index is 0.00392. The number of aromatic carboxylic acids is 1. The average molecular weight is 616 g/mol. The van der Waals surface area contributed by atoms with E-state index in [1.54, 1.807) is 48.2 Å². The van der Waals surface area contributed by atoms with Crippen LogP contribution in [0.5, 0.6) is 5.75 Å². The highest BCUT2D eigenvalue weighted by atomic mass is 35.5. The molecule has 0 aromatic heterocycles. The number of anilines is 1. The summed E-state index contributed by atoms with van der Waals surface area (Å²) in [5.41, 5.74) is 1.39. The summed E-state index contributed by atoms with van der Waals surface area (Å²) in [6.45, 7) is 4.67. The van der Waals surface area contributed by atoms with Crippen molar-refractivity contribution in [3.8, 4) is 5.75 Å². The van der Waals surface area contributed by atoms with E-state index < -0.39 is 28.1 Å². The number of benzene rings is 3. The lowest BCUT2D eigenvalue weighted by molar-refractivity contribution is 0.0343. The van der Waals surface area contributed by atoms with Gasteiger partial charge in [-0.05, 0) is 68.1 Å². The van der Waals surface area contributed by atoms with Gasteiger partial charge >= 0.3 is 5.97 Å². The van der Waals surface area contributed by atoms with E-state index in [2.05, 4.69) is 4.72 Å². The van der Waals surface area contributed by atoms with Crippen LogP contribution in [0.2, 0.25) is 5.02 Å². The first kappa shape index (κ1) is 31.3. The second kappa shape index (κ2) is 13.1. The number of nitrogens with zero attached hydrogens (tertiary/aromatic N) is 2. The number of hydrogen-bond acceptors (Lipinski definition) is 7. The minimum atomic E-state index is -4.05. The molecule has 0 aliphatic carbocycles. The van der Waals surface area contributed by atoms with Gasteiger partial charge in [-0.25, -0.2) is 13.2 Å². The molecule has 0 fully saturated rings. The van der Waals surface area contributed by atoms with Gasteiger partial charge < -0.3 is 19.8 Å². The van der Waals surface area contributed by atoms with E-state index in [0.717, 1.165) is 5.56 Å². The molecule has 224 valence electrons. The Bertz CT molecular complexity index is 1530. The fourth-order valence-corrected chi connectivity index (χ4v) is 5.98. The molecule has 0 spiro atoms. The first-order valence-corrected chi connectivity index (χ1v) is 15.3. The molecule has 0 saturated heterocycles. The van der Waals surface area contributed by atoms with Gasteiger partial charge in [0, 0.05) is 30.6 Å². The Morgan fingerprint density at radius 1 is 1.14 bits per heavy atom. The maximum absolute atomic E-state index is 13.7. The van der Waals surface area contributed by atoms with E-state index in [4.69, 9.17) is 16.3 Å². The van der Waals surface area contributed by atoms with Crippen LogP contribution in [0.15, 0.2) is 71.6 Å². The van der Waals surface area contributed by atoms with E-state index in [0.29, 0.717) is 24.7 Å². The second-order valence-corrected chi connectivity index (χ2v) is 12.7. The van der Waals surface area contributed by atoms with Gasteiger partial charge in [-0.3, -0.25) is 14.4 Å². The van der Waals surface area contributed by atoms with Crippen LogP contribution in [0, 0.1) is 5.92 Å². The highest BCUT2D eigenvalue weighted by Crippen LogP contribution is 2.36. The molecule has 1 heterocycles. The number of sulfonamides is 1. The Hall–Kier alpha value is -3.64. The molecule has 3 aromatic carbocycles. The highest BCUT2D eigenvalue weighted by molar-refractivity contribution is 7.92. The zero-order valence-electron chi connectivity index (χ0n) is 23.5. The number of halogens is 1. The van der Waals surface area contributed by atoms with Gasteiger partial charge in [0.1, 0.15) is 6.10 Å². The Morgan fingerprint density at radius 2 is 1.81 bits per heavy atom. The van der Waals surface area contributed by atoms with Gasteiger partial charge in [-0.15, -0.1) is 0 Å². The predicted molar refractivity (Wildman–Crippen MR) is 160 cm³/mol. The number of aliphatic hydroxyl groups excluding tert-OH is 1. The van der Waals surface area contributed by atoms with Crippen LogP contribution in [0.4, 0.5) is 5.69 Å². The molecule has 0 radical (unpaired) electrons. The zero-order valence-corrected chi connectivity index (χ0v) is 25.1. The lowest BCUT2D eigenvalue weighted by atomic mass is 9.99.